The van der Waals surface area contributed by atoms with Crippen molar-refractivity contribution in [3.05, 3.63) is 37.9 Å². The molecule has 1 atom stereocenters. The highest BCUT2D eigenvalue weighted by Gasteiger charge is 2.26. The van der Waals surface area contributed by atoms with Crippen LogP contribution in [0.3, 0.4) is 0 Å². The van der Waals surface area contributed by atoms with Crippen LogP contribution in [0.2, 0.25) is 10.0 Å². The summed E-state index contributed by atoms with van der Waals surface area (Å²) in [5.74, 6) is 0.895. The van der Waals surface area contributed by atoms with Gasteiger partial charge in [-0.15, -0.1) is 0 Å². The van der Waals surface area contributed by atoms with E-state index in [0.717, 1.165) is 12.3 Å². The minimum absolute atomic E-state index is 0.00432. The Morgan fingerprint density at radius 1 is 1.18 bits per heavy atom. The van der Waals surface area contributed by atoms with E-state index in [0.29, 0.717) is 55.6 Å². The zero-order valence-electron chi connectivity index (χ0n) is 19.0. The molecule has 1 N–H and O–H groups in total. The molecule has 2 aliphatic rings. The van der Waals surface area contributed by atoms with Crippen molar-refractivity contribution in [2.75, 3.05) is 32.7 Å². The van der Waals surface area contributed by atoms with Gasteiger partial charge < -0.3 is 10.2 Å². The number of piperazine rings is 1. The highest BCUT2D eigenvalue weighted by molar-refractivity contribution is 6.36. The zero-order valence-corrected chi connectivity index (χ0v) is 20.5. The van der Waals surface area contributed by atoms with Crippen LogP contribution in [0.25, 0.3) is 0 Å². The third-order valence-electron chi connectivity index (χ3n) is 6.59. The number of hydrogen-bond acceptors (Lipinski definition) is 5. The van der Waals surface area contributed by atoms with E-state index in [2.05, 4.69) is 12.2 Å². The molecule has 1 aliphatic carbocycles. The van der Waals surface area contributed by atoms with E-state index >= 15 is 0 Å². The summed E-state index contributed by atoms with van der Waals surface area (Å²) in [6, 6.07) is 2.93. The SMILES string of the molecule is CC(CC(=O)NCC(=O)N1CCN(Cc2cc(Cl)cc(Cl)c2[N+](=O)[O-])CC1)CC1CCCC1. The van der Waals surface area contributed by atoms with Crippen molar-refractivity contribution in [1.82, 2.24) is 15.1 Å². The molecule has 10 heteroatoms. The van der Waals surface area contributed by atoms with Gasteiger partial charge in [-0.05, 0) is 30.4 Å². The lowest BCUT2D eigenvalue weighted by atomic mass is 9.92. The van der Waals surface area contributed by atoms with Gasteiger partial charge in [-0.2, -0.15) is 0 Å². The maximum atomic E-state index is 12.5. The number of benzene rings is 1. The van der Waals surface area contributed by atoms with Crippen LogP contribution in [0.5, 0.6) is 0 Å². The Bertz CT molecular complexity index is 868. The number of carbonyl (C=O) groups excluding carboxylic acids is 2. The third kappa shape index (κ3) is 7.55. The van der Waals surface area contributed by atoms with E-state index in [1.54, 1.807) is 11.0 Å². The van der Waals surface area contributed by atoms with Crippen LogP contribution in [-0.4, -0.2) is 59.3 Å². The molecule has 0 aromatic heterocycles. The molecule has 182 valence electrons. The van der Waals surface area contributed by atoms with Crippen molar-refractivity contribution < 1.29 is 14.5 Å². The summed E-state index contributed by atoms with van der Waals surface area (Å²) in [5, 5.41) is 14.5. The van der Waals surface area contributed by atoms with Gasteiger partial charge in [0.05, 0.1) is 11.5 Å². The van der Waals surface area contributed by atoms with Crippen molar-refractivity contribution in [3.63, 3.8) is 0 Å². The summed E-state index contributed by atoms with van der Waals surface area (Å²) >= 11 is 12.0. The molecule has 1 aromatic rings. The van der Waals surface area contributed by atoms with Crippen LogP contribution in [-0.2, 0) is 16.1 Å². The highest BCUT2D eigenvalue weighted by Crippen LogP contribution is 2.33. The molecule has 0 spiro atoms. The summed E-state index contributed by atoms with van der Waals surface area (Å²) in [6.07, 6.45) is 6.68. The van der Waals surface area contributed by atoms with Gasteiger partial charge in [0.1, 0.15) is 5.02 Å². The van der Waals surface area contributed by atoms with Crippen molar-refractivity contribution in [3.8, 4) is 0 Å². The van der Waals surface area contributed by atoms with Crippen molar-refractivity contribution >= 4 is 40.7 Å². The smallest absolute Gasteiger partial charge is 0.292 e. The molecular weight excluding hydrogens is 467 g/mol. The van der Waals surface area contributed by atoms with Crippen molar-refractivity contribution in [1.29, 1.82) is 0 Å². The van der Waals surface area contributed by atoms with E-state index in [1.807, 2.05) is 4.90 Å². The fourth-order valence-corrected chi connectivity index (χ4v) is 5.52. The van der Waals surface area contributed by atoms with Crippen molar-refractivity contribution in [2.24, 2.45) is 11.8 Å². The van der Waals surface area contributed by atoms with Crippen LogP contribution in [0.15, 0.2) is 12.1 Å². The van der Waals surface area contributed by atoms with Crippen LogP contribution in [0.1, 0.15) is 51.0 Å². The average molecular weight is 499 g/mol. The Morgan fingerprint density at radius 3 is 2.48 bits per heavy atom. The maximum Gasteiger partial charge on any atom is 0.292 e. The van der Waals surface area contributed by atoms with Gasteiger partial charge in [0.2, 0.25) is 11.8 Å². The Hall–Kier alpha value is -1.90. The lowest BCUT2D eigenvalue weighted by Crippen LogP contribution is -2.50. The first-order chi connectivity index (χ1) is 15.7. The predicted octanol–water partition coefficient (Wildman–Crippen LogP) is 4.27. The maximum absolute atomic E-state index is 12.5. The van der Waals surface area contributed by atoms with Crippen LogP contribution >= 0.6 is 23.2 Å². The molecule has 1 unspecified atom stereocenters. The molecule has 0 bridgehead atoms. The van der Waals surface area contributed by atoms with Gasteiger partial charge in [0.15, 0.2) is 0 Å². The number of nitrogens with zero attached hydrogens (tertiary/aromatic N) is 3. The molecule has 0 radical (unpaired) electrons. The number of nitro benzene ring substituents is 1. The number of hydrogen-bond donors (Lipinski definition) is 1. The second-order valence-corrected chi connectivity index (χ2v) is 10.1. The number of nitrogens with one attached hydrogen (secondary N) is 1. The number of nitro groups is 1. The van der Waals surface area contributed by atoms with Crippen LogP contribution in [0.4, 0.5) is 5.69 Å². The summed E-state index contributed by atoms with van der Waals surface area (Å²) in [5.41, 5.74) is 0.320. The van der Waals surface area contributed by atoms with E-state index in [9.17, 15) is 19.7 Å². The molecule has 1 aromatic carbocycles. The monoisotopic (exact) mass is 498 g/mol. The molecule has 1 aliphatic heterocycles. The number of amides is 2. The minimum atomic E-state index is -0.495. The molecule has 33 heavy (non-hydrogen) atoms. The second kappa shape index (κ2) is 12.0. The Labute approximate surface area is 204 Å². The molecule has 8 nitrogen and oxygen atoms in total. The molecule has 1 saturated carbocycles. The van der Waals surface area contributed by atoms with Gasteiger partial charge in [0.25, 0.3) is 5.69 Å². The minimum Gasteiger partial charge on any atom is -0.347 e. The quantitative estimate of drug-likeness (QED) is 0.405. The normalized spacial score (nSPS) is 18.3. The largest absolute Gasteiger partial charge is 0.347 e. The first-order valence-electron chi connectivity index (χ1n) is 11.6. The van der Waals surface area contributed by atoms with Crippen LogP contribution < -0.4 is 5.32 Å². The Balaban J connectivity index is 1.41. The van der Waals surface area contributed by atoms with Gasteiger partial charge in [-0.3, -0.25) is 24.6 Å². The standard InChI is InChI=1S/C23H32Cl2N4O4/c1-16(10-17-4-2-3-5-17)11-21(30)26-14-22(31)28-8-6-27(7-9-28)15-18-12-19(24)13-20(25)23(18)29(32)33/h12-13,16-17H,2-11,14-15H2,1H3,(H,26,30). The highest BCUT2D eigenvalue weighted by atomic mass is 35.5. The molecule has 1 heterocycles. The molecule has 1 saturated heterocycles. The zero-order chi connectivity index (χ0) is 24.0. The second-order valence-electron chi connectivity index (χ2n) is 9.28. The topological polar surface area (TPSA) is 95.8 Å². The number of rotatable bonds is 9. The van der Waals surface area contributed by atoms with E-state index in [4.69, 9.17) is 23.2 Å². The lowest BCUT2D eigenvalue weighted by Gasteiger charge is -2.34. The van der Waals surface area contributed by atoms with Gasteiger partial charge >= 0.3 is 0 Å². The van der Waals surface area contributed by atoms with Gasteiger partial charge in [0, 0.05) is 49.7 Å². The summed E-state index contributed by atoms with van der Waals surface area (Å²) in [4.78, 5) is 39.4. The first-order valence-corrected chi connectivity index (χ1v) is 12.4. The van der Waals surface area contributed by atoms with Crippen molar-refractivity contribution in [2.45, 2.75) is 52.0 Å². The fourth-order valence-electron chi connectivity index (χ4n) is 4.91. The van der Waals surface area contributed by atoms with E-state index < -0.39 is 4.92 Å². The molecular formula is C23H32Cl2N4O4. The molecule has 2 amide bonds. The van der Waals surface area contributed by atoms with Crippen LogP contribution in [0, 0.1) is 22.0 Å². The molecule has 2 fully saturated rings. The lowest BCUT2D eigenvalue weighted by molar-refractivity contribution is -0.385. The summed E-state index contributed by atoms with van der Waals surface area (Å²) in [6.45, 7) is 4.57. The molecule has 3 rings (SSSR count). The number of carbonyl (C=O) groups is 2. The summed E-state index contributed by atoms with van der Waals surface area (Å²) < 4.78 is 0. The summed E-state index contributed by atoms with van der Waals surface area (Å²) in [7, 11) is 0. The third-order valence-corrected chi connectivity index (χ3v) is 7.10. The number of halogens is 2. The predicted molar refractivity (Wildman–Crippen MR) is 128 cm³/mol. The fraction of sp³-hybridized carbons (Fsp3) is 0.652. The van der Waals surface area contributed by atoms with Gasteiger partial charge in [-0.25, -0.2) is 0 Å². The Morgan fingerprint density at radius 2 is 1.85 bits per heavy atom. The van der Waals surface area contributed by atoms with E-state index in [-0.39, 0.29) is 29.1 Å². The van der Waals surface area contributed by atoms with Gasteiger partial charge in [-0.1, -0.05) is 55.8 Å². The van der Waals surface area contributed by atoms with E-state index in [1.165, 1.54) is 31.7 Å². The Kier molecular flexibility index (Phi) is 9.35. The average Bonchev–Trinajstić information content (AvgIpc) is 3.24. The first kappa shape index (κ1) is 25.7.